The van der Waals surface area contributed by atoms with E-state index >= 15 is 0 Å². The van der Waals surface area contributed by atoms with Crippen molar-refractivity contribution in [3.05, 3.63) is 101 Å². The van der Waals surface area contributed by atoms with Gasteiger partial charge in [0.15, 0.2) is 5.78 Å². The Morgan fingerprint density at radius 2 is 1.66 bits per heavy atom. The zero-order valence-electron chi connectivity index (χ0n) is 17.8. The molecule has 6 rings (SSSR count). The number of imidazole rings is 1. The van der Waals surface area contributed by atoms with Crippen LogP contribution in [0.15, 0.2) is 90.1 Å². The molecule has 158 valence electrons. The number of hydrogen-bond acceptors (Lipinski definition) is 4. The van der Waals surface area contributed by atoms with Gasteiger partial charge in [0.05, 0.1) is 24.2 Å². The smallest absolute Gasteiger partial charge is 0.209 e. The van der Waals surface area contributed by atoms with Crippen LogP contribution in [-0.2, 0) is 4.79 Å². The monoisotopic (exact) mass is 421 g/mol. The first-order chi connectivity index (χ1) is 15.7. The molecule has 2 atom stereocenters. The zero-order chi connectivity index (χ0) is 21.7. The van der Waals surface area contributed by atoms with Crippen molar-refractivity contribution in [2.45, 2.75) is 24.8 Å². The average molecular weight is 422 g/mol. The number of allylic oxidation sites excluding steroid dienone is 2. The van der Waals surface area contributed by atoms with Crippen LogP contribution in [0.25, 0.3) is 11.0 Å². The molecule has 2 heterocycles. The van der Waals surface area contributed by atoms with Gasteiger partial charge in [0.1, 0.15) is 5.75 Å². The van der Waals surface area contributed by atoms with Crippen LogP contribution in [-0.4, -0.2) is 22.4 Å². The molecule has 0 saturated carbocycles. The van der Waals surface area contributed by atoms with E-state index in [0.717, 1.165) is 46.0 Å². The number of hydrogen-bond donors (Lipinski definition) is 1. The molecule has 1 aromatic heterocycles. The Bertz CT molecular complexity index is 1350. The number of anilines is 1. The highest BCUT2D eigenvalue weighted by Crippen LogP contribution is 2.46. The van der Waals surface area contributed by atoms with E-state index in [4.69, 9.17) is 9.72 Å². The molecule has 5 heteroatoms. The van der Waals surface area contributed by atoms with E-state index in [1.165, 1.54) is 5.56 Å². The zero-order valence-corrected chi connectivity index (χ0v) is 17.8. The van der Waals surface area contributed by atoms with Crippen molar-refractivity contribution in [3.8, 4) is 5.75 Å². The second kappa shape index (κ2) is 7.38. The van der Waals surface area contributed by atoms with Gasteiger partial charge in [-0.1, -0.05) is 54.6 Å². The number of aromatic nitrogens is 2. The van der Waals surface area contributed by atoms with Gasteiger partial charge in [-0.05, 0) is 47.7 Å². The minimum absolute atomic E-state index is 0.169. The Hall–Kier alpha value is -3.86. The Kier molecular flexibility index (Phi) is 4.35. The predicted molar refractivity (Wildman–Crippen MR) is 125 cm³/mol. The van der Waals surface area contributed by atoms with E-state index in [2.05, 4.69) is 40.2 Å². The fraction of sp³-hybridized carbons (Fsp3) is 0.185. The summed E-state index contributed by atoms with van der Waals surface area (Å²) in [7, 11) is 1.66. The average Bonchev–Trinajstić information content (AvgIpc) is 3.21. The third kappa shape index (κ3) is 2.93. The van der Waals surface area contributed by atoms with Crippen molar-refractivity contribution in [2.75, 3.05) is 12.4 Å². The van der Waals surface area contributed by atoms with Gasteiger partial charge in [-0.3, -0.25) is 9.36 Å². The number of ketones is 1. The molecular weight excluding hydrogens is 398 g/mol. The van der Waals surface area contributed by atoms with E-state index in [1.807, 2.05) is 48.5 Å². The number of rotatable bonds is 3. The van der Waals surface area contributed by atoms with Crippen LogP contribution >= 0.6 is 0 Å². The Balaban J connectivity index is 1.52. The molecule has 5 nitrogen and oxygen atoms in total. The van der Waals surface area contributed by atoms with Crippen LogP contribution in [0.3, 0.4) is 0 Å². The number of methoxy groups -OCH3 is 1. The third-order valence-electron chi connectivity index (χ3n) is 6.60. The van der Waals surface area contributed by atoms with Crippen LogP contribution in [0.2, 0.25) is 0 Å². The molecule has 0 amide bonds. The van der Waals surface area contributed by atoms with E-state index in [1.54, 1.807) is 7.11 Å². The number of fused-ring (bicyclic) bond motifs is 3. The highest BCUT2D eigenvalue weighted by molar-refractivity contribution is 6.01. The van der Waals surface area contributed by atoms with Gasteiger partial charge in [0.2, 0.25) is 5.95 Å². The molecule has 3 aromatic carbocycles. The first-order valence-corrected chi connectivity index (χ1v) is 10.9. The molecule has 0 unspecified atom stereocenters. The maximum absolute atomic E-state index is 13.6. The quantitative estimate of drug-likeness (QED) is 0.477. The van der Waals surface area contributed by atoms with Crippen LogP contribution in [0.1, 0.15) is 35.9 Å². The molecular formula is C27H23N3O2. The van der Waals surface area contributed by atoms with E-state index in [0.29, 0.717) is 6.42 Å². The number of Topliss-reactive ketones (excluding diaryl/α,β-unsaturated/α-hetero) is 1. The number of para-hydroxylation sites is 2. The molecule has 0 saturated heterocycles. The summed E-state index contributed by atoms with van der Waals surface area (Å²) in [5, 5.41) is 3.53. The fourth-order valence-corrected chi connectivity index (χ4v) is 5.09. The van der Waals surface area contributed by atoms with E-state index in [-0.39, 0.29) is 17.7 Å². The van der Waals surface area contributed by atoms with E-state index in [9.17, 15) is 4.79 Å². The third-order valence-corrected chi connectivity index (χ3v) is 6.60. The summed E-state index contributed by atoms with van der Waals surface area (Å²) in [6.45, 7) is 0. The second-order valence-corrected chi connectivity index (χ2v) is 8.43. The molecule has 0 radical (unpaired) electrons. The lowest BCUT2D eigenvalue weighted by molar-refractivity contribution is -0.116. The molecule has 2 aliphatic rings. The minimum atomic E-state index is -0.219. The van der Waals surface area contributed by atoms with Gasteiger partial charge >= 0.3 is 0 Å². The molecule has 32 heavy (non-hydrogen) atoms. The lowest BCUT2D eigenvalue weighted by Gasteiger charge is -2.36. The molecule has 1 aliphatic carbocycles. The molecule has 0 bridgehead atoms. The van der Waals surface area contributed by atoms with Crippen molar-refractivity contribution in [1.82, 2.24) is 9.55 Å². The summed E-state index contributed by atoms with van der Waals surface area (Å²) in [6.07, 6.45) is 1.31. The van der Waals surface area contributed by atoms with Crippen molar-refractivity contribution >= 4 is 22.8 Å². The topological polar surface area (TPSA) is 56.1 Å². The van der Waals surface area contributed by atoms with Gasteiger partial charge in [-0.2, -0.15) is 0 Å². The van der Waals surface area contributed by atoms with Crippen LogP contribution in [0.4, 0.5) is 5.95 Å². The largest absolute Gasteiger partial charge is 0.497 e. The lowest BCUT2D eigenvalue weighted by Crippen LogP contribution is -2.33. The van der Waals surface area contributed by atoms with E-state index < -0.39 is 0 Å². The first kappa shape index (κ1) is 18.9. The number of nitrogens with zero attached hydrogens (tertiary/aromatic N) is 2. The van der Waals surface area contributed by atoms with Gasteiger partial charge in [-0.25, -0.2) is 4.98 Å². The normalized spacial score (nSPS) is 20.0. The summed E-state index contributed by atoms with van der Waals surface area (Å²) >= 11 is 0. The number of ether oxygens (including phenoxy) is 1. The second-order valence-electron chi connectivity index (χ2n) is 8.43. The van der Waals surface area contributed by atoms with Crippen LogP contribution in [0.5, 0.6) is 5.75 Å². The van der Waals surface area contributed by atoms with Crippen LogP contribution in [0, 0.1) is 0 Å². The molecule has 1 aliphatic heterocycles. The molecule has 4 aromatic rings. The number of nitrogens with one attached hydrogen (secondary N) is 1. The van der Waals surface area contributed by atoms with Gasteiger partial charge in [-0.15, -0.1) is 0 Å². The summed E-state index contributed by atoms with van der Waals surface area (Å²) in [5.74, 6) is 1.94. The predicted octanol–water partition coefficient (Wildman–Crippen LogP) is 5.46. The maximum atomic E-state index is 13.6. The Labute approximate surface area is 186 Å². The fourth-order valence-electron chi connectivity index (χ4n) is 5.09. The SMILES string of the molecule is COc1ccc([C@H]2C3=C(C[C@@H](c4ccccc4)CC3=O)Nc3nc4ccccc4n32)cc1. The van der Waals surface area contributed by atoms with Crippen molar-refractivity contribution in [1.29, 1.82) is 0 Å². The number of carbonyl (C=O) groups excluding carboxylic acids is 1. The summed E-state index contributed by atoms with van der Waals surface area (Å²) in [4.78, 5) is 18.5. The first-order valence-electron chi connectivity index (χ1n) is 10.9. The lowest BCUT2D eigenvalue weighted by atomic mass is 9.77. The molecule has 1 N–H and O–H groups in total. The highest BCUT2D eigenvalue weighted by atomic mass is 16.5. The summed E-state index contributed by atoms with van der Waals surface area (Å²) in [6, 6.07) is 26.2. The molecule has 0 fully saturated rings. The van der Waals surface area contributed by atoms with Crippen molar-refractivity contribution in [2.24, 2.45) is 0 Å². The summed E-state index contributed by atoms with van der Waals surface area (Å²) < 4.78 is 7.53. The number of benzene rings is 3. The molecule has 0 spiro atoms. The van der Waals surface area contributed by atoms with Gasteiger partial charge in [0, 0.05) is 17.7 Å². The van der Waals surface area contributed by atoms with Gasteiger partial charge < -0.3 is 10.1 Å². The van der Waals surface area contributed by atoms with Crippen molar-refractivity contribution < 1.29 is 9.53 Å². The Morgan fingerprint density at radius 3 is 2.44 bits per heavy atom. The van der Waals surface area contributed by atoms with Crippen molar-refractivity contribution in [3.63, 3.8) is 0 Å². The summed E-state index contributed by atoms with van der Waals surface area (Å²) in [5.41, 5.74) is 6.02. The van der Waals surface area contributed by atoms with Crippen LogP contribution < -0.4 is 10.1 Å². The highest BCUT2D eigenvalue weighted by Gasteiger charge is 2.39. The number of carbonyl (C=O) groups is 1. The standard InChI is InChI=1S/C27H23N3O2/c1-32-20-13-11-18(12-14-20)26-25-22(15-19(16-24(25)31)17-7-3-2-4-8-17)29-27-28-21-9-5-6-10-23(21)30(26)27/h2-14,19,26H,15-16H2,1H3,(H,28,29)/t19-,26+/m1/s1. The van der Waals surface area contributed by atoms with Gasteiger partial charge in [0.25, 0.3) is 0 Å². The minimum Gasteiger partial charge on any atom is -0.497 e. The Morgan fingerprint density at radius 1 is 0.906 bits per heavy atom. The maximum Gasteiger partial charge on any atom is 0.209 e.